The zero-order chi connectivity index (χ0) is 16.8. The van der Waals surface area contributed by atoms with E-state index in [4.69, 9.17) is 5.73 Å². The van der Waals surface area contributed by atoms with Crippen molar-refractivity contribution in [1.29, 1.82) is 0 Å². The number of amides is 1. The SMILES string of the molecule is Cc1ccc(-c2ccc(C(=O)NCCCCN)c(F)c2)cc1C. The van der Waals surface area contributed by atoms with Gasteiger partial charge in [0.2, 0.25) is 0 Å². The fourth-order valence-corrected chi connectivity index (χ4v) is 2.37. The molecule has 3 nitrogen and oxygen atoms in total. The molecule has 2 rings (SSSR count). The number of hydrogen-bond donors (Lipinski definition) is 2. The average Bonchev–Trinajstić information content (AvgIpc) is 2.54. The number of carbonyl (C=O) groups excluding carboxylic acids is 1. The number of nitrogens with two attached hydrogens (primary N) is 1. The molecule has 0 aliphatic heterocycles. The zero-order valence-corrected chi connectivity index (χ0v) is 13.7. The van der Waals surface area contributed by atoms with Crippen LogP contribution in [-0.4, -0.2) is 19.0 Å². The first-order valence-corrected chi connectivity index (χ1v) is 7.88. The summed E-state index contributed by atoms with van der Waals surface area (Å²) in [4.78, 5) is 12.0. The van der Waals surface area contributed by atoms with E-state index in [-0.39, 0.29) is 11.5 Å². The molecule has 0 bridgehead atoms. The van der Waals surface area contributed by atoms with Crippen molar-refractivity contribution in [1.82, 2.24) is 5.32 Å². The highest BCUT2D eigenvalue weighted by atomic mass is 19.1. The van der Waals surface area contributed by atoms with Crippen LogP contribution in [0.1, 0.15) is 34.3 Å². The smallest absolute Gasteiger partial charge is 0.254 e. The lowest BCUT2D eigenvalue weighted by Gasteiger charge is -2.09. The maximum Gasteiger partial charge on any atom is 0.254 e. The van der Waals surface area contributed by atoms with Gasteiger partial charge in [-0.25, -0.2) is 4.39 Å². The third-order valence-electron chi connectivity index (χ3n) is 3.97. The van der Waals surface area contributed by atoms with Crippen molar-refractivity contribution < 1.29 is 9.18 Å². The normalized spacial score (nSPS) is 10.6. The van der Waals surface area contributed by atoms with Crippen molar-refractivity contribution in [2.75, 3.05) is 13.1 Å². The van der Waals surface area contributed by atoms with Gasteiger partial charge in [0.15, 0.2) is 0 Å². The van der Waals surface area contributed by atoms with Crippen LogP contribution in [0.3, 0.4) is 0 Å². The van der Waals surface area contributed by atoms with E-state index in [9.17, 15) is 9.18 Å². The molecule has 0 heterocycles. The minimum Gasteiger partial charge on any atom is -0.352 e. The van der Waals surface area contributed by atoms with Gasteiger partial charge in [0, 0.05) is 6.54 Å². The van der Waals surface area contributed by atoms with E-state index < -0.39 is 5.82 Å². The second-order valence-corrected chi connectivity index (χ2v) is 5.75. The molecule has 2 aromatic rings. The van der Waals surface area contributed by atoms with Gasteiger partial charge in [-0.15, -0.1) is 0 Å². The largest absolute Gasteiger partial charge is 0.352 e. The Balaban J connectivity index is 2.14. The molecule has 0 aromatic heterocycles. The molecule has 0 saturated carbocycles. The van der Waals surface area contributed by atoms with Gasteiger partial charge in [-0.05, 0) is 67.6 Å². The molecule has 0 saturated heterocycles. The Morgan fingerprint density at radius 2 is 1.74 bits per heavy atom. The third kappa shape index (κ3) is 4.39. The quantitative estimate of drug-likeness (QED) is 0.801. The van der Waals surface area contributed by atoms with Crippen LogP contribution in [-0.2, 0) is 0 Å². The molecular formula is C19H23FN2O. The Morgan fingerprint density at radius 1 is 1.04 bits per heavy atom. The molecule has 0 aliphatic carbocycles. The van der Waals surface area contributed by atoms with Crippen LogP contribution >= 0.6 is 0 Å². The fourth-order valence-electron chi connectivity index (χ4n) is 2.37. The average molecular weight is 314 g/mol. The highest BCUT2D eigenvalue weighted by Crippen LogP contribution is 2.24. The molecule has 0 fully saturated rings. The molecule has 0 spiro atoms. The van der Waals surface area contributed by atoms with Crippen molar-refractivity contribution >= 4 is 5.91 Å². The van der Waals surface area contributed by atoms with Crippen LogP contribution in [0.5, 0.6) is 0 Å². The van der Waals surface area contributed by atoms with E-state index >= 15 is 0 Å². The molecule has 0 aliphatic rings. The van der Waals surface area contributed by atoms with Crippen LogP contribution in [0.4, 0.5) is 4.39 Å². The third-order valence-corrected chi connectivity index (χ3v) is 3.97. The number of aryl methyl sites for hydroxylation is 2. The summed E-state index contributed by atoms with van der Waals surface area (Å²) in [5, 5.41) is 2.72. The van der Waals surface area contributed by atoms with Crippen LogP contribution in [0.15, 0.2) is 36.4 Å². The number of hydrogen-bond acceptors (Lipinski definition) is 2. The summed E-state index contributed by atoms with van der Waals surface area (Å²) < 4.78 is 14.3. The standard InChI is InChI=1S/C19H23FN2O/c1-13-5-6-15(11-14(13)2)16-7-8-17(18(20)12-16)19(23)22-10-4-3-9-21/h5-8,11-12H,3-4,9-10,21H2,1-2H3,(H,22,23). The van der Waals surface area contributed by atoms with Crippen LogP contribution in [0.2, 0.25) is 0 Å². The second kappa shape index (κ2) is 7.88. The van der Waals surface area contributed by atoms with Crippen molar-refractivity contribution in [3.8, 4) is 11.1 Å². The summed E-state index contributed by atoms with van der Waals surface area (Å²) in [6, 6.07) is 10.7. The highest BCUT2D eigenvalue weighted by Gasteiger charge is 2.12. The summed E-state index contributed by atoms with van der Waals surface area (Å²) in [7, 11) is 0. The van der Waals surface area contributed by atoms with E-state index in [0.717, 1.165) is 29.5 Å². The lowest BCUT2D eigenvalue weighted by molar-refractivity contribution is 0.0949. The summed E-state index contributed by atoms with van der Waals surface area (Å²) in [5.41, 5.74) is 9.54. The van der Waals surface area contributed by atoms with Crippen LogP contribution in [0.25, 0.3) is 11.1 Å². The van der Waals surface area contributed by atoms with Crippen LogP contribution < -0.4 is 11.1 Å². The first kappa shape index (κ1) is 17.2. The topological polar surface area (TPSA) is 55.1 Å². The van der Waals surface area contributed by atoms with Crippen molar-refractivity contribution in [2.45, 2.75) is 26.7 Å². The lowest BCUT2D eigenvalue weighted by atomic mass is 9.99. The predicted octanol–water partition coefficient (Wildman–Crippen LogP) is 3.58. The maximum atomic E-state index is 14.3. The second-order valence-electron chi connectivity index (χ2n) is 5.75. The number of carbonyl (C=O) groups is 1. The van der Waals surface area contributed by atoms with E-state index in [1.807, 2.05) is 32.0 Å². The number of rotatable bonds is 6. The summed E-state index contributed by atoms with van der Waals surface area (Å²) >= 11 is 0. The lowest BCUT2D eigenvalue weighted by Crippen LogP contribution is -2.25. The van der Waals surface area contributed by atoms with Crippen molar-refractivity contribution in [3.63, 3.8) is 0 Å². The molecule has 122 valence electrons. The molecule has 0 radical (unpaired) electrons. The van der Waals surface area contributed by atoms with Gasteiger partial charge in [-0.1, -0.05) is 24.3 Å². The molecule has 1 amide bonds. The van der Waals surface area contributed by atoms with Gasteiger partial charge in [0.25, 0.3) is 5.91 Å². The Morgan fingerprint density at radius 3 is 2.39 bits per heavy atom. The minimum atomic E-state index is -0.503. The van der Waals surface area contributed by atoms with Crippen LogP contribution in [0, 0.1) is 19.7 Å². The van der Waals surface area contributed by atoms with Gasteiger partial charge in [-0.2, -0.15) is 0 Å². The zero-order valence-electron chi connectivity index (χ0n) is 13.7. The molecule has 23 heavy (non-hydrogen) atoms. The minimum absolute atomic E-state index is 0.0744. The Labute approximate surface area is 136 Å². The Bertz CT molecular complexity index is 698. The molecule has 3 N–H and O–H groups in total. The molecule has 0 atom stereocenters. The van der Waals surface area contributed by atoms with E-state index in [2.05, 4.69) is 5.32 Å². The molecular weight excluding hydrogens is 291 g/mol. The van der Waals surface area contributed by atoms with Gasteiger partial charge < -0.3 is 11.1 Å². The monoisotopic (exact) mass is 314 g/mol. The number of benzene rings is 2. The van der Waals surface area contributed by atoms with Gasteiger partial charge >= 0.3 is 0 Å². The first-order chi connectivity index (χ1) is 11.0. The first-order valence-electron chi connectivity index (χ1n) is 7.88. The van der Waals surface area contributed by atoms with E-state index in [1.165, 1.54) is 17.7 Å². The van der Waals surface area contributed by atoms with Crippen molar-refractivity contribution in [2.24, 2.45) is 5.73 Å². The van der Waals surface area contributed by atoms with Gasteiger partial charge in [-0.3, -0.25) is 4.79 Å². The van der Waals surface area contributed by atoms with Gasteiger partial charge in [0.1, 0.15) is 5.82 Å². The van der Waals surface area contributed by atoms with E-state index in [1.54, 1.807) is 6.07 Å². The summed E-state index contributed by atoms with van der Waals surface area (Å²) in [6.45, 7) is 5.17. The number of nitrogens with one attached hydrogen (secondary N) is 1. The maximum absolute atomic E-state index is 14.3. The molecule has 2 aromatic carbocycles. The van der Waals surface area contributed by atoms with Gasteiger partial charge in [0.05, 0.1) is 5.56 Å². The molecule has 4 heteroatoms. The predicted molar refractivity (Wildman–Crippen MR) is 91.9 cm³/mol. The summed E-state index contributed by atoms with van der Waals surface area (Å²) in [5.74, 6) is -0.886. The van der Waals surface area contributed by atoms with Crippen molar-refractivity contribution in [3.05, 3.63) is 58.9 Å². The summed E-state index contributed by atoms with van der Waals surface area (Å²) in [6.07, 6.45) is 1.64. The number of halogens is 1. The Kier molecular flexibility index (Phi) is 5.88. The fraction of sp³-hybridized carbons (Fsp3) is 0.316. The molecule has 0 unspecified atom stereocenters. The highest BCUT2D eigenvalue weighted by molar-refractivity contribution is 5.95. The number of unbranched alkanes of at least 4 members (excludes halogenated alkanes) is 1. The Hall–Kier alpha value is -2.20. The van der Waals surface area contributed by atoms with E-state index in [0.29, 0.717) is 13.1 Å².